The van der Waals surface area contributed by atoms with Gasteiger partial charge in [0.1, 0.15) is 5.65 Å². The Hall–Kier alpha value is -3.08. The third-order valence-corrected chi connectivity index (χ3v) is 5.19. The number of carbonyl (C=O) groups is 1. The van der Waals surface area contributed by atoms with E-state index in [0.717, 1.165) is 27.8 Å². The predicted octanol–water partition coefficient (Wildman–Crippen LogP) is 4.33. The minimum absolute atomic E-state index is 0.444. The third-order valence-electron chi connectivity index (χ3n) is 5.19. The second kappa shape index (κ2) is 7.66. The number of hydrogen-bond donors (Lipinski definition) is 3. The number of aromatic amines is 1. The first-order chi connectivity index (χ1) is 13.2. The van der Waals surface area contributed by atoms with Crippen molar-refractivity contribution in [1.82, 2.24) is 9.97 Å². The van der Waals surface area contributed by atoms with Crippen molar-refractivity contribution < 1.29 is 4.79 Å². The molecule has 5 heteroatoms. The summed E-state index contributed by atoms with van der Waals surface area (Å²) in [5.41, 5.74) is 9.66. The van der Waals surface area contributed by atoms with Crippen molar-refractivity contribution in [3.05, 3.63) is 59.9 Å². The zero-order valence-electron chi connectivity index (χ0n) is 15.2. The molecule has 1 aliphatic carbocycles. The molecule has 5 nitrogen and oxygen atoms in total. The van der Waals surface area contributed by atoms with Crippen molar-refractivity contribution in [3.8, 4) is 0 Å². The highest BCUT2D eigenvalue weighted by Crippen LogP contribution is 2.27. The van der Waals surface area contributed by atoms with Crippen molar-refractivity contribution in [2.24, 2.45) is 5.73 Å². The van der Waals surface area contributed by atoms with Crippen LogP contribution in [0.15, 0.2) is 48.8 Å². The van der Waals surface area contributed by atoms with E-state index in [1.165, 1.54) is 32.1 Å². The molecule has 1 amide bonds. The fourth-order valence-corrected chi connectivity index (χ4v) is 3.77. The number of fused-ring (bicyclic) bond motifs is 1. The number of pyridine rings is 1. The summed E-state index contributed by atoms with van der Waals surface area (Å²) in [6.07, 6.45) is 11.9. The van der Waals surface area contributed by atoms with Crippen LogP contribution in [0.5, 0.6) is 0 Å². The van der Waals surface area contributed by atoms with Gasteiger partial charge in [0.2, 0.25) is 5.91 Å². The standard InChI is InChI=1S/C22H24N4O/c23-21(27)19(15-7-3-1-4-8-15)11-16-13-24-22-20(16)12-18(14-25-22)26-17-9-5-2-6-10-17/h1,3-4,7-8,11-14,17,26H,2,5-6,9-10H2,(H2,23,27)(H,24,25). The Morgan fingerprint density at radius 3 is 2.70 bits per heavy atom. The molecule has 0 bridgehead atoms. The summed E-state index contributed by atoms with van der Waals surface area (Å²) in [5, 5.41) is 4.59. The summed E-state index contributed by atoms with van der Waals surface area (Å²) in [6, 6.07) is 12.1. The number of aromatic nitrogens is 2. The molecule has 1 fully saturated rings. The van der Waals surface area contributed by atoms with Crippen LogP contribution >= 0.6 is 0 Å². The summed E-state index contributed by atoms with van der Waals surface area (Å²) >= 11 is 0. The SMILES string of the molecule is NC(=O)C(=Cc1c[nH]c2ncc(NC3CCCCC3)cc12)c1ccccc1. The summed E-state index contributed by atoms with van der Waals surface area (Å²) < 4.78 is 0. The smallest absolute Gasteiger partial charge is 0.249 e. The van der Waals surface area contributed by atoms with Crippen LogP contribution in [0, 0.1) is 0 Å². The Balaban J connectivity index is 1.68. The highest BCUT2D eigenvalue weighted by Gasteiger charge is 2.14. The topological polar surface area (TPSA) is 83.8 Å². The highest BCUT2D eigenvalue weighted by atomic mass is 16.1. The Morgan fingerprint density at radius 1 is 1.19 bits per heavy atom. The average Bonchev–Trinajstić information content (AvgIpc) is 3.09. The molecule has 138 valence electrons. The lowest BCUT2D eigenvalue weighted by molar-refractivity contribution is -0.112. The first-order valence-corrected chi connectivity index (χ1v) is 9.51. The molecule has 3 aromatic rings. The lowest BCUT2D eigenvalue weighted by Crippen LogP contribution is -2.22. The molecule has 0 unspecified atom stereocenters. The van der Waals surface area contributed by atoms with E-state index in [4.69, 9.17) is 5.73 Å². The van der Waals surface area contributed by atoms with Crippen LogP contribution in [0.25, 0.3) is 22.7 Å². The predicted molar refractivity (Wildman–Crippen MR) is 110 cm³/mol. The lowest BCUT2D eigenvalue weighted by Gasteiger charge is -2.23. The summed E-state index contributed by atoms with van der Waals surface area (Å²) in [7, 11) is 0. The first-order valence-electron chi connectivity index (χ1n) is 9.51. The largest absolute Gasteiger partial charge is 0.381 e. The van der Waals surface area contributed by atoms with Gasteiger partial charge in [-0.25, -0.2) is 4.98 Å². The van der Waals surface area contributed by atoms with Gasteiger partial charge in [0, 0.05) is 28.8 Å². The van der Waals surface area contributed by atoms with Crippen LogP contribution in [0.2, 0.25) is 0 Å². The lowest BCUT2D eigenvalue weighted by atomic mass is 9.95. The second-order valence-corrected chi connectivity index (χ2v) is 7.13. The number of anilines is 1. The van der Waals surface area contributed by atoms with Crippen molar-refractivity contribution in [2.75, 3.05) is 5.32 Å². The minimum atomic E-state index is -0.444. The molecule has 0 saturated heterocycles. The zero-order valence-corrected chi connectivity index (χ0v) is 15.2. The molecule has 0 radical (unpaired) electrons. The fourth-order valence-electron chi connectivity index (χ4n) is 3.77. The van der Waals surface area contributed by atoms with E-state index in [2.05, 4.69) is 21.4 Å². The third kappa shape index (κ3) is 3.87. The van der Waals surface area contributed by atoms with E-state index < -0.39 is 5.91 Å². The molecule has 1 saturated carbocycles. The molecule has 0 spiro atoms. The van der Waals surface area contributed by atoms with Gasteiger partial charge in [0.05, 0.1) is 11.9 Å². The van der Waals surface area contributed by atoms with E-state index in [9.17, 15) is 4.79 Å². The number of nitrogens with zero attached hydrogens (tertiary/aromatic N) is 1. The van der Waals surface area contributed by atoms with Gasteiger partial charge >= 0.3 is 0 Å². The number of nitrogens with one attached hydrogen (secondary N) is 2. The van der Waals surface area contributed by atoms with Crippen LogP contribution in [0.1, 0.15) is 43.2 Å². The van der Waals surface area contributed by atoms with E-state index >= 15 is 0 Å². The van der Waals surface area contributed by atoms with Gasteiger partial charge in [0.25, 0.3) is 0 Å². The van der Waals surface area contributed by atoms with Gasteiger partial charge in [-0.05, 0) is 30.5 Å². The molecule has 0 aliphatic heterocycles. The molecular weight excluding hydrogens is 336 g/mol. The first kappa shape index (κ1) is 17.3. The summed E-state index contributed by atoms with van der Waals surface area (Å²) in [4.78, 5) is 19.7. The van der Waals surface area contributed by atoms with Crippen LogP contribution < -0.4 is 11.1 Å². The van der Waals surface area contributed by atoms with Gasteiger partial charge in [-0.3, -0.25) is 4.79 Å². The summed E-state index contributed by atoms with van der Waals surface area (Å²) in [6.45, 7) is 0. The molecular formula is C22H24N4O. The number of H-pyrrole nitrogens is 1. The number of amides is 1. The maximum absolute atomic E-state index is 12.0. The van der Waals surface area contributed by atoms with E-state index in [0.29, 0.717) is 11.6 Å². The molecule has 27 heavy (non-hydrogen) atoms. The van der Waals surface area contributed by atoms with Crippen molar-refractivity contribution in [1.29, 1.82) is 0 Å². The van der Waals surface area contributed by atoms with E-state index in [1.54, 1.807) is 0 Å². The van der Waals surface area contributed by atoms with Gasteiger partial charge in [-0.15, -0.1) is 0 Å². The number of primary amides is 1. The molecule has 0 atom stereocenters. The number of carbonyl (C=O) groups excluding carboxylic acids is 1. The van der Waals surface area contributed by atoms with Crippen LogP contribution in [0.3, 0.4) is 0 Å². The second-order valence-electron chi connectivity index (χ2n) is 7.13. The van der Waals surface area contributed by atoms with Crippen molar-refractivity contribution >= 4 is 34.3 Å². The van der Waals surface area contributed by atoms with E-state index in [-0.39, 0.29) is 0 Å². The average molecular weight is 360 g/mol. The normalized spacial score (nSPS) is 15.8. The van der Waals surface area contributed by atoms with Crippen LogP contribution in [-0.2, 0) is 4.79 Å². The summed E-state index contributed by atoms with van der Waals surface area (Å²) in [5.74, 6) is -0.444. The van der Waals surface area contributed by atoms with Gasteiger partial charge in [-0.1, -0.05) is 49.6 Å². The van der Waals surface area contributed by atoms with Crippen LogP contribution in [-0.4, -0.2) is 21.9 Å². The quantitative estimate of drug-likeness (QED) is 0.592. The molecule has 1 aromatic carbocycles. The van der Waals surface area contributed by atoms with Gasteiger partial charge in [-0.2, -0.15) is 0 Å². The number of rotatable bonds is 5. The Labute approximate surface area is 158 Å². The Bertz CT molecular complexity index is 968. The highest BCUT2D eigenvalue weighted by molar-refractivity contribution is 6.24. The van der Waals surface area contributed by atoms with Gasteiger partial charge in [0.15, 0.2) is 0 Å². The molecule has 1 aliphatic rings. The van der Waals surface area contributed by atoms with Crippen molar-refractivity contribution in [2.45, 2.75) is 38.1 Å². The Kier molecular flexibility index (Phi) is 4.92. The van der Waals surface area contributed by atoms with Crippen LogP contribution in [0.4, 0.5) is 5.69 Å². The zero-order chi connectivity index (χ0) is 18.6. The number of nitrogens with two attached hydrogens (primary N) is 1. The molecule has 4 N–H and O–H groups in total. The molecule has 2 heterocycles. The minimum Gasteiger partial charge on any atom is -0.381 e. The van der Waals surface area contributed by atoms with Crippen molar-refractivity contribution in [3.63, 3.8) is 0 Å². The maximum atomic E-state index is 12.0. The molecule has 2 aromatic heterocycles. The fraction of sp³-hybridized carbons (Fsp3) is 0.273. The molecule has 4 rings (SSSR count). The maximum Gasteiger partial charge on any atom is 0.249 e. The van der Waals surface area contributed by atoms with E-state index in [1.807, 2.05) is 48.8 Å². The Morgan fingerprint density at radius 2 is 1.96 bits per heavy atom. The number of benzene rings is 1. The number of hydrogen-bond acceptors (Lipinski definition) is 3. The van der Waals surface area contributed by atoms with Gasteiger partial charge < -0.3 is 16.0 Å². The monoisotopic (exact) mass is 360 g/mol.